The molecule has 2 aromatic heterocycles. The van der Waals surface area contributed by atoms with Gasteiger partial charge in [0.2, 0.25) is 5.91 Å². The van der Waals surface area contributed by atoms with Gasteiger partial charge in [0.15, 0.2) is 0 Å². The fourth-order valence-electron chi connectivity index (χ4n) is 4.13. The van der Waals surface area contributed by atoms with Crippen LogP contribution in [0.2, 0.25) is 0 Å². The number of ether oxygens (including phenoxy) is 1. The number of benzene rings is 3. The highest BCUT2D eigenvalue weighted by Gasteiger charge is 2.19. The quantitative estimate of drug-likeness (QED) is 0.368. The van der Waals surface area contributed by atoms with Crippen molar-refractivity contribution in [2.24, 2.45) is 5.73 Å². The Kier molecular flexibility index (Phi) is 4.86. The minimum Gasteiger partial charge on any atom is -0.464 e. The summed E-state index contributed by atoms with van der Waals surface area (Å²) in [5.41, 5.74) is 9.06. The molecule has 0 atom stereocenters. The number of nitrogens with two attached hydrogens (primary N) is 1. The number of hydrogen-bond donors (Lipinski definition) is 1. The zero-order chi connectivity index (χ0) is 22.2. The van der Waals surface area contributed by atoms with E-state index in [2.05, 4.69) is 0 Å². The molecule has 1 amide bonds. The van der Waals surface area contributed by atoms with Crippen LogP contribution >= 0.6 is 0 Å². The second-order valence-electron chi connectivity index (χ2n) is 7.35. The lowest BCUT2D eigenvalue weighted by molar-refractivity contribution is -0.0504. The molecule has 2 N–H and O–H groups in total. The summed E-state index contributed by atoms with van der Waals surface area (Å²) >= 11 is 0. The van der Waals surface area contributed by atoms with Crippen molar-refractivity contribution in [3.63, 3.8) is 0 Å². The van der Waals surface area contributed by atoms with Crippen molar-refractivity contribution in [1.29, 1.82) is 0 Å². The Morgan fingerprint density at radius 2 is 1.84 bits per heavy atom. The van der Waals surface area contributed by atoms with Gasteiger partial charge in [0.1, 0.15) is 11.5 Å². The highest BCUT2D eigenvalue weighted by molar-refractivity contribution is 6.18. The Morgan fingerprint density at radius 1 is 1.00 bits per heavy atom. The molecule has 2 heterocycles. The number of furan rings is 1. The van der Waals surface area contributed by atoms with Gasteiger partial charge < -0.3 is 19.5 Å². The molecule has 0 bridgehead atoms. The van der Waals surface area contributed by atoms with Crippen molar-refractivity contribution >= 4 is 27.7 Å². The highest BCUT2D eigenvalue weighted by atomic mass is 19.3. The number of aromatic nitrogens is 1. The normalized spacial score (nSPS) is 11.5. The molecule has 3 aromatic carbocycles. The Labute approximate surface area is 181 Å². The average molecular weight is 432 g/mol. The second-order valence-corrected chi connectivity index (χ2v) is 7.35. The Balaban J connectivity index is 1.77. The summed E-state index contributed by atoms with van der Waals surface area (Å²) < 4.78 is 38.1. The summed E-state index contributed by atoms with van der Waals surface area (Å²) in [4.78, 5) is 12.1. The van der Waals surface area contributed by atoms with Gasteiger partial charge in [-0.05, 0) is 36.4 Å². The maximum Gasteiger partial charge on any atom is 0.387 e. The SMILES string of the molecule is NC(=O)c1cccc2c1c1ccc(-c3ccco3)cc1n2Cc1ccccc1OC(F)F. The predicted molar refractivity (Wildman–Crippen MR) is 118 cm³/mol. The van der Waals surface area contributed by atoms with Crippen LogP contribution in [0.15, 0.2) is 83.5 Å². The number of carbonyl (C=O) groups is 1. The molecule has 0 unspecified atom stereocenters. The number of rotatable bonds is 6. The van der Waals surface area contributed by atoms with E-state index in [1.54, 1.807) is 42.7 Å². The van der Waals surface area contributed by atoms with Gasteiger partial charge in [0, 0.05) is 27.5 Å². The lowest BCUT2D eigenvalue weighted by Gasteiger charge is -2.13. The highest BCUT2D eigenvalue weighted by Crippen LogP contribution is 2.36. The maximum absolute atomic E-state index is 12.9. The van der Waals surface area contributed by atoms with E-state index in [0.717, 1.165) is 22.0 Å². The third-order valence-corrected chi connectivity index (χ3v) is 5.48. The van der Waals surface area contributed by atoms with Gasteiger partial charge in [0.25, 0.3) is 0 Å². The first-order valence-electron chi connectivity index (χ1n) is 9.94. The first kappa shape index (κ1) is 19.8. The molecule has 0 aliphatic heterocycles. The van der Waals surface area contributed by atoms with Crippen molar-refractivity contribution in [2.45, 2.75) is 13.2 Å². The number of primary amides is 1. The zero-order valence-corrected chi connectivity index (χ0v) is 16.8. The number of fused-ring (bicyclic) bond motifs is 3. The van der Waals surface area contributed by atoms with Gasteiger partial charge in [0.05, 0.1) is 23.8 Å². The Hall–Kier alpha value is -4.13. The molecule has 0 saturated carbocycles. The molecule has 0 radical (unpaired) electrons. The molecule has 5 rings (SSSR count). The fourth-order valence-corrected chi connectivity index (χ4v) is 4.13. The van der Waals surface area contributed by atoms with Crippen LogP contribution in [0.1, 0.15) is 15.9 Å². The fraction of sp³-hybridized carbons (Fsp3) is 0.0800. The third kappa shape index (κ3) is 3.37. The van der Waals surface area contributed by atoms with Crippen LogP contribution in [-0.2, 0) is 6.54 Å². The predicted octanol–water partition coefficient (Wildman–Crippen LogP) is 5.80. The molecule has 5 aromatic rings. The zero-order valence-electron chi connectivity index (χ0n) is 16.8. The van der Waals surface area contributed by atoms with Crippen molar-refractivity contribution in [3.8, 4) is 17.1 Å². The Morgan fingerprint density at radius 3 is 2.59 bits per heavy atom. The minimum absolute atomic E-state index is 0.103. The number of nitrogens with zero attached hydrogens (tertiary/aromatic N) is 1. The molecular weight excluding hydrogens is 414 g/mol. The lowest BCUT2D eigenvalue weighted by atomic mass is 10.0. The van der Waals surface area contributed by atoms with Gasteiger partial charge in [-0.3, -0.25) is 4.79 Å². The van der Waals surface area contributed by atoms with E-state index in [-0.39, 0.29) is 12.3 Å². The smallest absolute Gasteiger partial charge is 0.387 e. The van der Waals surface area contributed by atoms with Crippen LogP contribution in [0.4, 0.5) is 8.78 Å². The van der Waals surface area contributed by atoms with Crippen LogP contribution in [-0.4, -0.2) is 17.1 Å². The van der Waals surface area contributed by atoms with Crippen molar-refractivity contribution in [1.82, 2.24) is 4.57 Å². The average Bonchev–Trinajstić information content (AvgIpc) is 3.41. The summed E-state index contributed by atoms with van der Waals surface area (Å²) in [6.45, 7) is -2.67. The number of carbonyl (C=O) groups excluding carboxylic acids is 1. The topological polar surface area (TPSA) is 70.4 Å². The van der Waals surface area contributed by atoms with E-state index in [4.69, 9.17) is 14.9 Å². The number of amides is 1. The largest absolute Gasteiger partial charge is 0.464 e. The van der Waals surface area contributed by atoms with E-state index in [0.29, 0.717) is 22.3 Å². The molecule has 160 valence electrons. The summed E-state index contributed by atoms with van der Waals surface area (Å²) in [7, 11) is 0. The molecule has 0 spiro atoms. The van der Waals surface area contributed by atoms with Crippen LogP contribution in [0, 0.1) is 0 Å². The second kappa shape index (κ2) is 7.85. The van der Waals surface area contributed by atoms with Crippen LogP contribution in [0.25, 0.3) is 33.1 Å². The Bertz CT molecular complexity index is 1440. The first-order valence-corrected chi connectivity index (χ1v) is 9.94. The van der Waals surface area contributed by atoms with Gasteiger partial charge in [-0.2, -0.15) is 8.78 Å². The van der Waals surface area contributed by atoms with Crippen LogP contribution in [0.3, 0.4) is 0 Å². The molecule has 0 saturated heterocycles. The lowest BCUT2D eigenvalue weighted by Crippen LogP contribution is -2.11. The monoisotopic (exact) mass is 432 g/mol. The summed E-state index contributed by atoms with van der Waals surface area (Å²) in [6, 6.07) is 21.4. The van der Waals surface area contributed by atoms with Gasteiger partial charge in [-0.15, -0.1) is 0 Å². The van der Waals surface area contributed by atoms with E-state index < -0.39 is 12.5 Å². The van der Waals surface area contributed by atoms with E-state index in [1.807, 2.05) is 34.9 Å². The molecule has 5 nitrogen and oxygen atoms in total. The minimum atomic E-state index is -2.93. The number of para-hydroxylation sites is 1. The van der Waals surface area contributed by atoms with Gasteiger partial charge >= 0.3 is 6.61 Å². The van der Waals surface area contributed by atoms with Gasteiger partial charge in [-0.25, -0.2) is 0 Å². The third-order valence-electron chi connectivity index (χ3n) is 5.48. The van der Waals surface area contributed by atoms with Gasteiger partial charge in [-0.1, -0.05) is 36.4 Å². The maximum atomic E-state index is 12.9. The standard InChI is InChI=1S/C25H18F2N2O3/c26-25(27)32-22-8-2-1-5-16(22)14-29-19-7-3-6-18(24(28)30)23(19)17-11-10-15(13-20(17)29)21-9-4-12-31-21/h1-13,25H,14H2,(H2,28,30). The van der Waals surface area contributed by atoms with E-state index >= 15 is 0 Å². The molecule has 32 heavy (non-hydrogen) atoms. The first-order chi connectivity index (χ1) is 15.5. The molecule has 0 aliphatic rings. The molecule has 7 heteroatoms. The molecular formula is C25H18F2N2O3. The van der Waals surface area contributed by atoms with Crippen molar-refractivity contribution < 1.29 is 22.7 Å². The molecule has 0 fully saturated rings. The number of hydrogen-bond acceptors (Lipinski definition) is 3. The van der Waals surface area contributed by atoms with E-state index in [1.165, 1.54) is 6.07 Å². The summed E-state index contributed by atoms with van der Waals surface area (Å²) in [5.74, 6) is 0.261. The van der Waals surface area contributed by atoms with Crippen molar-refractivity contribution in [2.75, 3.05) is 0 Å². The number of halogens is 2. The van der Waals surface area contributed by atoms with E-state index in [9.17, 15) is 13.6 Å². The summed E-state index contributed by atoms with van der Waals surface area (Å²) in [5, 5.41) is 1.55. The van der Waals surface area contributed by atoms with Crippen molar-refractivity contribution in [3.05, 3.63) is 90.2 Å². The van der Waals surface area contributed by atoms with Crippen LogP contribution in [0.5, 0.6) is 5.75 Å². The number of alkyl halides is 2. The summed E-state index contributed by atoms with van der Waals surface area (Å²) in [6.07, 6.45) is 1.60. The molecule has 0 aliphatic carbocycles. The van der Waals surface area contributed by atoms with Crippen LogP contribution < -0.4 is 10.5 Å².